The first kappa shape index (κ1) is 10.4. The largest absolute Gasteiger partial charge is 0.330 e. The molecule has 1 heterocycles. The second kappa shape index (κ2) is 4.17. The van der Waals surface area contributed by atoms with Gasteiger partial charge in [0.2, 0.25) is 0 Å². The molecule has 78 valence electrons. The molecule has 1 aromatic carbocycles. The summed E-state index contributed by atoms with van der Waals surface area (Å²) in [5.41, 5.74) is 7.69. The number of fused-ring (bicyclic) bond motifs is 1. The second-order valence-corrected chi connectivity index (χ2v) is 4.08. The number of nitrogens with zero attached hydrogens (tertiary/aromatic N) is 1. The van der Waals surface area contributed by atoms with Gasteiger partial charge in [0.15, 0.2) is 0 Å². The zero-order valence-electron chi connectivity index (χ0n) is 8.57. The summed E-state index contributed by atoms with van der Waals surface area (Å²) in [5, 5.41) is 1.86. The lowest BCUT2D eigenvalue weighted by atomic mass is 9.98. The number of aromatic nitrogens is 1. The highest BCUT2D eigenvalue weighted by Crippen LogP contribution is 2.30. The molecule has 1 unspecified atom stereocenters. The van der Waals surface area contributed by atoms with E-state index in [0.29, 0.717) is 6.54 Å². The molecule has 1 atom stereocenters. The lowest BCUT2D eigenvalue weighted by Gasteiger charge is -2.13. The Hall–Kier alpha value is -1.12. The molecule has 3 heteroatoms. The highest BCUT2D eigenvalue weighted by Gasteiger charge is 2.12. The van der Waals surface area contributed by atoms with E-state index in [2.05, 4.69) is 11.9 Å². The molecule has 0 saturated heterocycles. The van der Waals surface area contributed by atoms with Crippen molar-refractivity contribution in [2.45, 2.75) is 12.8 Å². The van der Waals surface area contributed by atoms with Gasteiger partial charge in [0.25, 0.3) is 0 Å². The van der Waals surface area contributed by atoms with Gasteiger partial charge < -0.3 is 5.73 Å². The van der Waals surface area contributed by atoms with Crippen LogP contribution in [0.25, 0.3) is 10.9 Å². The van der Waals surface area contributed by atoms with Crippen molar-refractivity contribution < 1.29 is 0 Å². The molecular formula is C12H13ClN2. The fourth-order valence-corrected chi connectivity index (χ4v) is 2.07. The lowest BCUT2D eigenvalue weighted by molar-refractivity contribution is 0.779. The van der Waals surface area contributed by atoms with Gasteiger partial charge in [-0.3, -0.25) is 4.98 Å². The van der Waals surface area contributed by atoms with Crippen molar-refractivity contribution in [3.05, 3.63) is 41.0 Å². The van der Waals surface area contributed by atoms with Crippen LogP contribution in [0.5, 0.6) is 0 Å². The van der Waals surface area contributed by atoms with Crippen LogP contribution in [0.4, 0.5) is 0 Å². The van der Waals surface area contributed by atoms with Gasteiger partial charge in [-0.15, -0.1) is 0 Å². The van der Waals surface area contributed by atoms with Crippen LogP contribution in [0, 0.1) is 0 Å². The van der Waals surface area contributed by atoms with Crippen LogP contribution in [0.15, 0.2) is 30.5 Å². The number of benzene rings is 1. The maximum atomic E-state index is 6.18. The molecule has 0 saturated carbocycles. The molecule has 2 aromatic rings. The molecule has 0 aliphatic rings. The van der Waals surface area contributed by atoms with Crippen molar-refractivity contribution in [2.24, 2.45) is 5.73 Å². The Morgan fingerprint density at radius 3 is 2.93 bits per heavy atom. The number of nitrogens with two attached hydrogens (primary N) is 1. The topological polar surface area (TPSA) is 38.9 Å². The maximum Gasteiger partial charge on any atom is 0.0751 e. The molecule has 2 rings (SSSR count). The molecule has 0 aliphatic carbocycles. The fraction of sp³-hybridized carbons (Fsp3) is 0.250. The van der Waals surface area contributed by atoms with Gasteiger partial charge in [-0.2, -0.15) is 0 Å². The van der Waals surface area contributed by atoms with Gasteiger partial charge in [0.05, 0.1) is 5.52 Å². The average molecular weight is 221 g/mol. The monoisotopic (exact) mass is 220 g/mol. The van der Waals surface area contributed by atoms with Crippen molar-refractivity contribution in [3.63, 3.8) is 0 Å². The van der Waals surface area contributed by atoms with Gasteiger partial charge in [-0.1, -0.05) is 30.7 Å². The van der Waals surface area contributed by atoms with E-state index >= 15 is 0 Å². The molecule has 15 heavy (non-hydrogen) atoms. The zero-order valence-corrected chi connectivity index (χ0v) is 9.33. The quantitative estimate of drug-likeness (QED) is 0.845. The van der Waals surface area contributed by atoms with E-state index in [1.165, 1.54) is 0 Å². The van der Waals surface area contributed by atoms with Crippen LogP contribution >= 0.6 is 11.6 Å². The van der Waals surface area contributed by atoms with E-state index < -0.39 is 0 Å². The third-order valence-corrected chi connectivity index (χ3v) is 2.94. The molecule has 2 N–H and O–H groups in total. The van der Waals surface area contributed by atoms with Crippen molar-refractivity contribution in [3.8, 4) is 0 Å². The van der Waals surface area contributed by atoms with E-state index in [1.807, 2.05) is 24.3 Å². The summed E-state index contributed by atoms with van der Waals surface area (Å²) in [6.07, 6.45) is 1.78. The average Bonchev–Trinajstić information content (AvgIpc) is 2.28. The Morgan fingerprint density at radius 1 is 1.40 bits per heavy atom. The molecule has 0 amide bonds. The van der Waals surface area contributed by atoms with Crippen LogP contribution in [-0.2, 0) is 0 Å². The normalized spacial score (nSPS) is 13.0. The van der Waals surface area contributed by atoms with Crippen LogP contribution in [0.3, 0.4) is 0 Å². The minimum atomic E-state index is 0.232. The van der Waals surface area contributed by atoms with Crippen molar-refractivity contribution in [1.29, 1.82) is 0 Å². The van der Waals surface area contributed by atoms with Gasteiger partial charge in [-0.25, -0.2) is 0 Å². The van der Waals surface area contributed by atoms with E-state index in [0.717, 1.165) is 21.5 Å². The Bertz CT molecular complexity index is 482. The minimum absolute atomic E-state index is 0.232. The summed E-state index contributed by atoms with van der Waals surface area (Å²) in [6, 6.07) is 7.85. The smallest absolute Gasteiger partial charge is 0.0751 e. The second-order valence-electron chi connectivity index (χ2n) is 3.67. The fourth-order valence-electron chi connectivity index (χ4n) is 1.73. The number of pyridine rings is 1. The predicted molar refractivity (Wildman–Crippen MR) is 64.2 cm³/mol. The Balaban J connectivity index is 2.74. The third kappa shape index (κ3) is 1.83. The molecule has 2 nitrogen and oxygen atoms in total. The Labute approximate surface area is 94.1 Å². The maximum absolute atomic E-state index is 6.18. The first-order valence-corrected chi connectivity index (χ1v) is 5.35. The zero-order chi connectivity index (χ0) is 10.8. The van der Waals surface area contributed by atoms with Crippen LogP contribution in [0.2, 0.25) is 5.02 Å². The minimum Gasteiger partial charge on any atom is -0.330 e. The van der Waals surface area contributed by atoms with E-state index in [-0.39, 0.29) is 5.92 Å². The summed E-state index contributed by atoms with van der Waals surface area (Å²) in [4.78, 5) is 4.37. The van der Waals surface area contributed by atoms with Gasteiger partial charge in [-0.05, 0) is 24.6 Å². The highest BCUT2D eigenvalue weighted by molar-refractivity contribution is 6.32. The summed E-state index contributed by atoms with van der Waals surface area (Å²) in [6.45, 7) is 2.64. The summed E-state index contributed by atoms with van der Waals surface area (Å²) in [5.74, 6) is 0.232. The lowest BCUT2D eigenvalue weighted by Crippen LogP contribution is -2.10. The first-order chi connectivity index (χ1) is 7.24. The summed E-state index contributed by atoms with van der Waals surface area (Å²) in [7, 11) is 0. The SMILES string of the molecule is CC(CN)c1c(Cl)ccc2cccnc12. The number of hydrogen-bond acceptors (Lipinski definition) is 2. The third-order valence-electron chi connectivity index (χ3n) is 2.61. The molecule has 0 bridgehead atoms. The molecule has 0 spiro atoms. The summed E-state index contributed by atoms with van der Waals surface area (Å²) >= 11 is 6.18. The van der Waals surface area contributed by atoms with E-state index in [4.69, 9.17) is 17.3 Å². The van der Waals surface area contributed by atoms with Crippen molar-refractivity contribution in [1.82, 2.24) is 4.98 Å². The van der Waals surface area contributed by atoms with Crippen LogP contribution in [0.1, 0.15) is 18.4 Å². The number of halogens is 1. The molecule has 1 aromatic heterocycles. The predicted octanol–water partition coefficient (Wildman–Crippen LogP) is 2.95. The van der Waals surface area contributed by atoms with E-state index in [9.17, 15) is 0 Å². The first-order valence-electron chi connectivity index (χ1n) is 4.97. The summed E-state index contributed by atoms with van der Waals surface area (Å²) < 4.78 is 0. The highest BCUT2D eigenvalue weighted by atomic mass is 35.5. The molecule has 0 radical (unpaired) electrons. The molecule has 0 aliphatic heterocycles. The number of rotatable bonds is 2. The van der Waals surface area contributed by atoms with E-state index in [1.54, 1.807) is 6.20 Å². The van der Waals surface area contributed by atoms with Crippen LogP contribution in [-0.4, -0.2) is 11.5 Å². The van der Waals surface area contributed by atoms with Gasteiger partial charge in [0, 0.05) is 22.2 Å². The van der Waals surface area contributed by atoms with Gasteiger partial charge >= 0.3 is 0 Å². The standard InChI is InChI=1S/C12H13ClN2/c1-8(7-14)11-10(13)5-4-9-3-2-6-15-12(9)11/h2-6,8H,7,14H2,1H3. The van der Waals surface area contributed by atoms with Gasteiger partial charge in [0.1, 0.15) is 0 Å². The van der Waals surface area contributed by atoms with Crippen molar-refractivity contribution >= 4 is 22.5 Å². The molecular weight excluding hydrogens is 208 g/mol. The Morgan fingerprint density at radius 2 is 2.20 bits per heavy atom. The number of hydrogen-bond donors (Lipinski definition) is 1. The Kier molecular flexibility index (Phi) is 2.89. The van der Waals surface area contributed by atoms with Crippen molar-refractivity contribution in [2.75, 3.05) is 6.54 Å². The van der Waals surface area contributed by atoms with Crippen LogP contribution < -0.4 is 5.73 Å². The molecule has 0 fully saturated rings.